The van der Waals surface area contributed by atoms with E-state index in [0.717, 1.165) is 43.5 Å². The van der Waals surface area contributed by atoms with Gasteiger partial charge in [0.25, 0.3) is 0 Å². The molecule has 8 heteroatoms. The number of likely N-dealkylation sites (N-methyl/N-ethyl adjacent to an activating group) is 1. The number of nitrogens with one attached hydrogen (secondary N) is 1. The minimum atomic E-state index is 0. The van der Waals surface area contributed by atoms with Gasteiger partial charge in [0.2, 0.25) is 0 Å². The number of hydrogen-bond donors (Lipinski definition) is 1. The number of aromatic nitrogens is 2. The van der Waals surface area contributed by atoms with E-state index in [1.807, 2.05) is 43.2 Å². The molecule has 7 nitrogen and oxygen atoms in total. The highest BCUT2D eigenvalue weighted by Crippen LogP contribution is 2.27. The summed E-state index contributed by atoms with van der Waals surface area (Å²) in [5.74, 6) is 2.84. The number of rotatable bonds is 9. The highest BCUT2D eigenvalue weighted by Gasteiger charge is 2.10. The van der Waals surface area contributed by atoms with Gasteiger partial charge in [-0.05, 0) is 36.1 Å². The quantitative estimate of drug-likeness (QED) is 0.325. The van der Waals surface area contributed by atoms with E-state index in [1.54, 1.807) is 20.4 Å². The molecule has 0 fully saturated rings. The molecule has 0 aliphatic rings. The van der Waals surface area contributed by atoms with E-state index in [-0.39, 0.29) is 24.0 Å². The van der Waals surface area contributed by atoms with Crippen LogP contribution in [0.15, 0.2) is 41.7 Å². The third-order valence-corrected chi connectivity index (χ3v) is 4.42. The first-order valence-corrected chi connectivity index (χ1v) is 9.17. The van der Waals surface area contributed by atoms with Gasteiger partial charge in [-0.1, -0.05) is 13.0 Å². The van der Waals surface area contributed by atoms with Crippen LogP contribution >= 0.6 is 24.0 Å². The van der Waals surface area contributed by atoms with Crippen LogP contribution in [-0.2, 0) is 13.0 Å². The van der Waals surface area contributed by atoms with E-state index in [1.165, 1.54) is 5.56 Å². The van der Waals surface area contributed by atoms with Crippen LogP contribution in [0.2, 0.25) is 0 Å². The minimum absolute atomic E-state index is 0. The summed E-state index contributed by atoms with van der Waals surface area (Å²) in [6.45, 7) is 4.77. The largest absolute Gasteiger partial charge is 0.493 e. The fraction of sp³-hybridized carbons (Fsp3) is 0.500. The topological polar surface area (TPSA) is 63.9 Å². The zero-order valence-corrected chi connectivity index (χ0v) is 19.7. The van der Waals surface area contributed by atoms with Gasteiger partial charge in [-0.2, -0.15) is 5.10 Å². The summed E-state index contributed by atoms with van der Waals surface area (Å²) >= 11 is 0. The number of benzene rings is 1. The Morgan fingerprint density at radius 3 is 2.64 bits per heavy atom. The smallest absolute Gasteiger partial charge is 0.193 e. The fourth-order valence-corrected chi connectivity index (χ4v) is 2.88. The highest BCUT2D eigenvalue weighted by atomic mass is 127. The first-order valence-electron chi connectivity index (χ1n) is 9.17. The van der Waals surface area contributed by atoms with Gasteiger partial charge in [-0.3, -0.25) is 9.67 Å². The molecule has 0 bridgehead atoms. The summed E-state index contributed by atoms with van der Waals surface area (Å²) in [5.41, 5.74) is 1.20. The number of hydrogen-bond acceptors (Lipinski definition) is 4. The van der Waals surface area contributed by atoms with Gasteiger partial charge in [-0.15, -0.1) is 24.0 Å². The Hall–Kier alpha value is -1.97. The molecule has 0 saturated heterocycles. The molecule has 0 spiro atoms. The second-order valence-corrected chi connectivity index (χ2v) is 6.62. The Morgan fingerprint density at radius 1 is 1.29 bits per heavy atom. The van der Waals surface area contributed by atoms with Crippen LogP contribution in [0, 0.1) is 5.92 Å². The molecule has 0 amide bonds. The summed E-state index contributed by atoms with van der Waals surface area (Å²) in [4.78, 5) is 6.53. The molecular weight excluding hydrogens is 469 g/mol. The lowest BCUT2D eigenvalue weighted by Crippen LogP contribution is -2.42. The lowest BCUT2D eigenvalue weighted by molar-refractivity contribution is 0.354. The minimum Gasteiger partial charge on any atom is -0.493 e. The van der Waals surface area contributed by atoms with E-state index in [4.69, 9.17) is 9.47 Å². The molecule has 1 heterocycles. The molecule has 2 rings (SSSR count). The monoisotopic (exact) mass is 501 g/mol. The van der Waals surface area contributed by atoms with Crippen molar-refractivity contribution in [2.75, 3.05) is 41.4 Å². The number of nitrogens with zero attached hydrogens (tertiary/aromatic N) is 4. The normalized spacial score (nSPS) is 12.1. The molecule has 1 aromatic carbocycles. The summed E-state index contributed by atoms with van der Waals surface area (Å²) < 4.78 is 12.6. The van der Waals surface area contributed by atoms with Crippen molar-refractivity contribution in [1.29, 1.82) is 0 Å². The average Bonchev–Trinajstić information content (AvgIpc) is 3.19. The number of aliphatic imine (C=N–C) groups is 1. The van der Waals surface area contributed by atoms with E-state index < -0.39 is 0 Å². The molecule has 28 heavy (non-hydrogen) atoms. The van der Waals surface area contributed by atoms with Crippen LogP contribution in [0.4, 0.5) is 0 Å². The van der Waals surface area contributed by atoms with Crippen molar-refractivity contribution in [2.45, 2.75) is 19.9 Å². The van der Waals surface area contributed by atoms with Crippen molar-refractivity contribution in [1.82, 2.24) is 20.0 Å². The SMILES string of the molecule is CN=C(NCC(C)Cn1cccn1)N(C)CCc1ccc(OC)c(OC)c1.I. The second-order valence-electron chi connectivity index (χ2n) is 6.62. The van der Waals surface area contributed by atoms with Gasteiger partial charge in [0.1, 0.15) is 0 Å². The van der Waals surface area contributed by atoms with Gasteiger partial charge in [0, 0.05) is 46.1 Å². The van der Waals surface area contributed by atoms with Gasteiger partial charge in [0.05, 0.1) is 14.2 Å². The van der Waals surface area contributed by atoms with Gasteiger partial charge in [-0.25, -0.2) is 0 Å². The number of methoxy groups -OCH3 is 2. The second kappa shape index (κ2) is 12.5. The lowest BCUT2D eigenvalue weighted by Gasteiger charge is -2.24. The molecule has 1 unspecified atom stereocenters. The number of halogens is 1. The molecule has 0 saturated carbocycles. The molecule has 156 valence electrons. The van der Waals surface area contributed by atoms with Crippen molar-refractivity contribution in [2.24, 2.45) is 10.9 Å². The first kappa shape index (κ1) is 24.1. The van der Waals surface area contributed by atoms with Crippen LogP contribution in [0.3, 0.4) is 0 Å². The van der Waals surface area contributed by atoms with Crippen LogP contribution in [-0.4, -0.2) is 62.0 Å². The number of ether oxygens (including phenoxy) is 2. The Morgan fingerprint density at radius 2 is 2.04 bits per heavy atom. The maximum Gasteiger partial charge on any atom is 0.193 e. The zero-order chi connectivity index (χ0) is 19.6. The molecule has 0 aliphatic heterocycles. The third-order valence-electron chi connectivity index (χ3n) is 4.42. The van der Waals surface area contributed by atoms with Crippen LogP contribution in [0.5, 0.6) is 11.5 Å². The molecule has 1 N–H and O–H groups in total. The standard InChI is InChI=1S/C20H31N5O2.HI/c1-16(15-25-11-6-10-23-25)14-22-20(21-2)24(3)12-9-17-7-8-18(26-4)19(13-17)27-5;/h6-8,10-11,13,16H,9,12,14-15H2,1-5H3,(H,21,22);1H. The average molecular weight is 501 g/mol. The summed E-state index contributed by atoms with van der Waals surface area (Å²) in [5, 5.41) is 7.71. The predicted octanol–water partition coefficient (Wildman–Crippen LogP) is 2.90. The van der Waals surface area contributed by atoms with Crippen LogP contribution < -0.4 is 14.8 Å². The lowest BCUT2D eigenvalue weighted by atomic mass is 10.1. The molecule has 0 radical (unpaired) electrons. The van der Waals surface area contributed by atoms with Gasteiger partial charge < -0.3 is 19.7 Å². The van der Waals surface area contributed by atoms with Crippen LogP contribution in [0.1, 0.15) is 12.5 Å². The Balaban J connectivity index is 0.00000392. The van der Waals surface area contributed by atoms with Crippen molar-refractivity contribution in [3.63, 3.8) is 0 Å². The Labute approximate surface area is 185 Å². The molecule has 2 aromatic rings. The molecule has 1 atom stereocenters. The summed E-state index contributed by atoms with van der Waals surface area (Å²) in [6, 6.07) is 7.98. The van der Waals surface area contributed by atoms with E-state index in [0.29, 0.717) is 5.92 Å². The van der Waals surface area contributed by atoms with E-state index >= 15 is 0 Å². The van der Waals surface area contributed by atoms with Crippen molar-refractivity contribution in [3.05, 3.63) is 42.2 Å². The van der Waals surface area contributed by atoms with Gasteiger partial charge in [0.15, 0.2) is 17.5 Å². The predicted molar refractivity (Wildman–Crippen MR) is 124 cm³/mol. The maximum atomic E-state index is 5.38. The van der Waals surface area contributed by atoms with E-state index in [9.17, 15) is 0 Å². The molecule has 0 aliphatic carbocycles. The third kappa shape index (κ3) is 7.21. The van der Waals surface area contributed by atoms with Gasteiger partial charge >= 0.3 is 0 Å². The van der Waals surface area contributed by atoms with E-state index in [2.05, 4.69) is 33.3 Å². The Kier molecular flexibility index (Phi) is 10.7. The maximum absolute atomic E-state index is 5.38. The summed E-state index contributed by atoms with van der Waals surface area (Å²) in [7, 11) is 7.17. The zero-order valence-electron chi connectivity index (χ0n) is 17.4. The van der Waals surface area contributed by atoms with Crippen molar-refractivity contribution >= 4 is 29.9 Å². The highest BCUT2D eigenvalue weighted by molar-refractivity contribution is 14.0. The number of guanidine groups is 1. The van der Waals surface area contributed by atoms with Crippen LogP contribution in [0.25, 0.3) is 0 Å². The molecule has 1 aromatic heterocycles. The summed E-state index contributed by atoms with van der Waals surface area (Å²) in [6.07, 6.45) is 4.68. The molecular formula is C20H32IN5O2. The van der Waals surface area contributed by atoms with Crippen molar-refractivity contribution in [3.8, 4) is 11.5 Å². The Bertz CT molecular complexity index is 721. The van der Waals surface area contributed by atoms with Crippen molar-refractivity contribution < 1.29 is 9.47 Å². The first-order chi connectivity index (χ1) is 13.1. The fourth-order valence-electron chi connectivity index (χ4n) is 2.88.